The van der Waals surface area contributed by atoms with Crippen molar-refractivity contribution in [3.05, 3.63) is 0 Å². The lowest BCUT2D eigenvalue weighted by molar-refractivity contribution is -0.219. The van der Waals surface area contributed by atoms with Crippen LogP contribution in [-0.2, 0) is 23.9 Å². The number of carbonyl (C=O) groups excluding carboxylic acids is 3. The predicted molar refractivity (Wildman–Crippen MR) is 77.5 cm³/mol. The fraction of sp³-hybridized carbons (Fsp3) is 0.750. The average molecular weight is 319 g/mol. The van der Waals surface area contributed by atoms with Crippen molar-refractivity contribution in [2.75, 3.05) is 20.0 Å². The van der Waals surface area contributed by atoms with Crippen LogP contribution >= 0.6 is 0 Å². The molecule has 0 bridgehead atoms. The van der Waals surface area contributed by atoms with Crippen LogP contribution in [0.2, 0.25) is 0 Å². The normalized spacial score (nSPS) is 11.0. The van der Waals surface area contributed by atoms with E-state index in [1.807, 2.05) is 0 Å². The number of nitrogens with one attached hydrogen (secondary N) is 3. The molecule has 128 valence electrons. The van der Waals surface area contributed by atoms with Gasteiger partial charge in [-0.05, 0) is 13.8 Å². The molecule has 0 aromatic rings. The minimum absolute atomic E-state index is 0.00517. The second kappa shape index (κ2) is 10.9. The number of ether oxygens (including phenoxy) is 2. The third-order valence-corrected chi connectivity index (χ3v) is 2.47. The van der Waals surface area contributed by atoms with Crippen LogP contribution in [0, 0.1) is 0 Å². The van der Waals surface area contributed by atoms with Crippen LogP contribution in [0.4, 0.5) is 0 Å². The molecule has 0 saturated heterocycles. The fourth-order valence-corrected chi connectivity index (χ4v) is 1.22. The molecule has 10 heteroatoms. The van der Waals surface area contributed by atoms with Crippen molar-refractivity contribution < 1.29 is 23.9 Å². The van der Waals surface area contributed by atoms with Gasteiger partial charge in [0.25, 0.3) is 0 Å². The number of hydrogen-bond acceptors (Lipinski definition) is 7. The molecule has 0 atom stereocenters. The minimum atomic E-state index is -1.00. The van der Waals surface area contributed by atoms with Gasteiger partial charge in [-0.3, -0.25) is 25.7 Å². The first-order chi connectivity index (χ1) is 10.3. The first-order valence-electron chi connectivity index (χ1n) is 6.80. The van der Waals surface area contributed by atoms with E-state index in [4.69, 9.17) is 21.1 Å². The van der Waals surface area contributed by atoms with Gasteiger partial charge in [0, 0.05) is 25.8 Å². The summed E-state index contributed by atoms with van der Waals surface area (Å²) >= 11 is 0. The highest BCUT2D eigenvalue weighted by Crippen LogP contribution is 2.09. The van der Waals surface area contributed by atoms with Crippen LogP contribution in [-0.4, -0.2) is 43.5 Å². The number of nitrogens with two attached hydrogens (primary N) is 2. The monoisotopic (exact) mass is 319 g/mol. The summed E-state index contributed by atoms with van der Waals surface area (Å²) in [6.45, 7) is 3.51. The molecule has 0 aromatic heterocycles. The Hall–Kier alpha value is -1.75. The number of primary amides is 1. The SMILES string of the molecule is CC(C)(OCNC(=O)CCNN)OCNC(=O)CCC(N)=O. The lowest BCUT2D eigenvalue weighted by Gasteiger charge is -2.25. The van der Waals surface area contributed by atoms with Gasteiger partial charge in [-0.2, -0.15) is 0 Å². The zero-order valence-electron chi connectivity index (χ0n) is 12.9. The molecule has 0 spiro atoms. The van der Waals surface area contributed by atoms with Crippen LogP contribution in [0.3, 0.4) is 0 Å². The van der Waals surface area contributed by atoms with Crippen LogP contribution in [0.5, 0.6) is 0 Å². The van der Waals surface area contributed by atoms with Gasteiger partial charge < -0.3 is 25.8 Å². The smallest absolute Gasteiger partial charge is 0.223 e. The summed E-state index contributed by atoms with van der Waals surface area (Å²) < 4.78 is 10.6. The maximum absolute atomic E-state index is 11.3. The molecule has 0 rings (SSSR count). The maximum Gasteiger partial charge on any atom is 0.223 e. The molecule has 0 aliphatic rings. The summed E-state index contributed by atoms with van der Waals surface area (Å²) in [5.74, 6) is 2.94. The molecule has 0 fully saturated rings. The second-order valence-corrected chi connectivity index (χ2v) is 4.85. The number of carbonyl (C=O) groups is 3. The highest BCUT2D eigenvalue weighted by atomic mass is 16.7. The molecule has 0 aliphatic heterocycles. The first kappa shape index (κ1) is 20.2. The lowest BCUT2D eigenvalue weighted by Crippen LogP contribution is -2.39. The van der Waals surface area contributed by atoms with Crippen molar-refractivity contribution in [2.45, 2.75) is 38.9 Å². The van der Waals surface area contributed by atoms with Crippen LogP contribution in [0.15, 0.2) is 0 Å². The zero-order chi connectivity index (χ0) is 17.0. The van der Waals surface area contributed by atoms with E-state index in [2.05, 4.69) is 16.1 Å². The van der Waals surface area contributed by atoms with Crippen LogP contribution < -0.4 is 27.6 Å². The van der Waals surface area contributed by atoms with E-state index in [1.54, 1.807) is 13.8 Å². The molecule has 3 amide bonds. The summed E-state index contributed by atoms with van der Waals surface area (Å²) in [5, 5.41) is 4.99. The lowest BCUT2D eigenvalue weighted by atomic mass is 10.3. The van der Waals surface area contributed by atoms with Crippen molar-refractivity contribution in [1.82, 2.24) is 16.1 Å². The third kappa shape index (κ3) is 12.0. The summed E-state index contributed by atoms with van der Waals surface area (Å²) in [5.41, 5.74) is 7.30. The number of amides is 3. The number of rotatable bonds is 12. The first-order valence-corrected chi connectivity index (χ1v) is 6.80. The predicted octanol–water partition coefficient (Wildman–Crippen LogP) is -1.98. The van der Waals surface area contributed by atoms with Gasteiger partial charge in [-0.25, -0.2) is 0 Å². The Morgan fingerprint density at radius 3 is 1.91 bits per heavy atom. The molecule has 0 unspecified atom stereocenters. The molecular weight excluding hydrogens is 294 g/mol. The standard InChI is InChI=1S/C12H25N5O5/c1-12(2,22-8-16-11(20)5-6-17-14)21-7-15-10(19)4-3-9(13)18/h17H,3-8,14H2,1-2H3,(H2,13,18)(H,15,19)(H,16,20). The topological polar surface area (TPSA) is 158 Å². The van der Waals surface area contributed by atoms with Gasteiger partial charge in [0.15, 0.2) is 5.79 Å². The quantitative estimate of drug-likeness (QED) is 0.158. The molecule has 22 heavy (non-hydrogen) atoms. The molecule has 0 saturated carbocycles. The van der Waals surface area contributed by atoms with E-state index in [0.717, 1.165) is 0 Å². The molecule has 0 radical (unpaired) electrons. The largest absolute Gasteiger partial charge is 0.370 e. The van der Waals surface area contributed by atoms with Gasteiger partial charge in [-0.15, -0.1) is 0 Å². The molecule has 0 aliphatic carbocycles. The molecule has 7 N–H and O–H groups in total. The molecule has 10 nitrogen and oxygen atoms in total. The van der Waals surface area contributed by atoms with E-state index < -0.39 is 11.7 Å². The van der Waals surface area contributed by atoms with Crippen LogP contribution in [0.25, 0.3) is 0 Å². The highest BCUT2D eigenvalue weighted by molar-refractivity contribution is 5.82. The summed E-state index contributed by atoms with van der Waals surface area (Å²) in [7, 11) is 0. The fourth-order valence-electron chi connectivity index (χ4n) is 1.22. The second-order valence-electron chi connectivity index (χ2n) is 4.85. The Morgan fingerprint density at radius 1 is 0.955 bits per heavy atom. The highest BCUT2D eigenvalue weighted by Gasteiger charge is 2.19. The van der Waals surface area contributed by atoms with Crippen molar-refractivity contribution in [3.8, 4) is 0 Å². The number of hydrazine groups is 1. The van der Waals surface area contributed by atoms with E-state index in [1.165, 1.54) is 0 Å². The van der Waals surface area contributed by atoms with Gasteiger partial charge in [0.05, 0.1) is 0 Å². The van der Waals surface area contributed by atoms with Crippen LogP contribution in [0.1, 0.15) is 33.1 Å². The van der Waals surface area contributed by atoms with Gasteiger partial charge >= 0.3 is 0 Å². The maximum atomic E-state index is 11.3. The van der Waals surface area contributed by atoms with E-state index >= 15 is 0 Å². The average Bonchev–Trinajstić information content (AvgIpc) is 2.42. The summed E-state index contributed by atoms with van der Waals surface area (Å²) in [4.78, 5) is 33.1. The number of hydrogen-bond donors (Lipinski definition) is 5. The molecule has 0 heterocycles. The van der Waals surface area contributed by atoms with E-state index in [0.29, 0.717) is 6.54 Å². The van der Waals surface area contributed by atoms with Crippen molar-refractivity contribution in [1.29, 1.82) is 0 Å². The molecule has 0 aromatic carbocycles. The van der Waals surface area contributed by atoms with Gasteiger partial charge in [-0.1, -0.05) is 0 Å². The third-order valence-electron chi connectivity index (χ3n) is 2.47. The van der Waals surface area contributed by atoms with E-state index in [-0.39, 0.29) is 44.5 Å². The Bertz CT molecular complexity index is 375. The summed E-state index contributed by atoms with van der Waals surface area (Å²) in [6.07, 6.45) is 0.220. The van der Waals surface area contributed by atoms with Crippen molar-refractivity contribution in [2.24, 2.45) is 11.6 Å². The van der Waals surface area contributed by atoms with Crippen molar-refractivity contribution >= 4 is 17.7 Å². The summed E-state index contributed by atoms with van der Waals surface area (Å²) in [6, 6.07) is 0. The Balaban J connectivity index is 3.78. The Labute approximate surface area is 129 Å². The Morgan fingerprint density at radius 2 is 1.45 bits per heavy atom. The minimum Gasteiger partial charge on any atom is -0.370 e. The Kier molecular flexibility index (Phi) is 10.0. The van der Waals surface area contributed by atoms with Gasteiger partial charge in [0.1, 0.15) is 13.5 Å². The van der Waals surface area contributed by atoms with Crippen molar-refractivity contribution in [3.63, 3.8) is 0 Å². The zero-order valence-corrected chi connectivity index (χ0v) is 12.9. The van der Waals surface area contributed by atoms with Gasteiger partial charge in [0.2, 0.25) is 17.7 Å². The van der Waals surface area contributed by atoms with E-state index in [9.17, 15) is 14.4 Å². The molecular formula is C12H25N5O5.